The monoisotopic (exact) mass is 346 g/mol. The van der Waals surface area contributed by atoms with Gasteiger partial charge in [-0.05, 0) is 48.7 Å². The van der Waals surface area contributed by atoms with Crippen molar-refractivity contribution >= 4 is 21.6 Å². The van der Waals surface area contributed by atoms with Crippen LogP contribution in [-0.2, 0) is 21.2 Å². The van der Waals surface area contributed by atoms with E-state index in [1.165, 1.54) is 24.6 Å². The van der Waals surface area contributed by atoms with E-state index in [4.69, 9.17) is 0 Å². The van der Waals surface area contributed by atoms with Crippen LogP contribution in [0.4, 0.5) is 5.69 Å². The van der Waals surface area contributed by atoms with Gasteiger partial charge in [0.1, 0.15) is 0 Å². The van der Waals surface area contributed by atoms with E-state index < -0.39 is 10.0 Å². The molecular formula is C18H22N2O3S. The van der Waals surface area contributed by atoms with Crippen molar-refractivity contribution in [3.8, 4) is 0 Å². The first-order valence-corrected chi connectivity index (χ1v) is 9.29. The zero-order valence-electron chi connectivity index (χ0n) is 14.0. The molecule has 1 amide bonds. The molecule has 0 saturated carbocycles. The first-order chi connectivity index (χ1) is 11.3. The Hall–Kier alpha value is -2.18. The predicted octanol–water partition coefficient (Wildman–Crippen LogP) is 3.25. The average molecular weight is 346 g/mol. The lowest BCUT2D eigenvalue weighted by Gasteiger charge is -2.15. The van der Waals surface area contributed by atoms with Crippen molar-refractivity contribution < 1.29 is 13.2 Å². The van der Waals surface area contributed by atoms with Gasteiger partial charge in [0.05, 0.1) is 4.90 Å². The molecule has 0 spiro atoms. The summed E-state index contributed by atoms with van der Waals surface area (Å²) in [6, 6.07) is 13.6. The number of aryl methyl sites for hydroxylation is 1. The zero-order chi connectivity index (χ0) is 17.7. The van der Waals surface area contributed by atoms with Crippen LogP contribution >= 0.6 is 0 Å². The first-order valence-electron chi connectivity index (χ1n) is 7.80. The molecule has 2 aromatic carbocycles. The van der Waals surface area contributed by atoms with Crippen LogP contribution in [0.1, 0.15) is 37.9 Å². The number of benzene rings is 2. The van der Waals surface area contributed by atoms with Gasteiger partial charge in [-0.3, -0.25) is 4.79 Å². The Bertz CT molecular complexity index is 797. The van der Waals surface area contributed by atoms with Crippen LogP contribution in [0, 0.1) is 0 Å². The van der Waals surface area contributed by atoms with E-state index in [9.17, 15) is 13.2 Å². The molecule has 1 atom stereocenters. The molecule has 0 heterocycles. The minimum Gasteiger partial charge on any atom is -0.326 e. The number of nitrogens with one attached hydrogen (secondary N) is 2. The van der Waals surface area contributed by atoms with Crippen LogP contribution in [0.3, 0.4) is 0 Å². The van der Waals surface area contributed by atoms with Crippen LogP contribution in [0.5, 0.6) is 0 Å². The summed E-state index contributed by atoms with van der Waals surface area (Å²) in [5, 5.41) is 2.61. The van der Waals surface area contributed by atoms with Crippen LogP contribution in [-0.4, -0.2) is 14.3 Å². The molecule has 0 aromatic heterocycles. The first kappa shape index (κ1) is 18.2. The fraction of sp³-hybridized carbons (Fsp3) is 0.278. The van der Waals surface area contributed by atoms with Gasteiger partial charge in [0, 0.05) is 18.7 Å². The zero-order valence-corrected chi connectivity index (χ0v) is 14.9. The molecule has 0 aliphatic heterocycles. The highest BCUT2D eigenvalue weighted by Gasteiger charge is 2.18. The number of anilines is 1. The van der Waals surface area contributed by atoms with Gasteiger partial charge in [-0.2, -0.15) is 0 Å². The van der Waals surface area contributed by atoms with Crippen molar-refractivity contribution in [2.45, 2.75) is 38.1 Å². The van der Waals surface area contributed by atoms with Crippen LogP contribution < -0.4 is 10.0 Å². The Kier molecular flexibility index (Phi) is 5.75. The average Bonchev–Trinajstić information content (AvgIpc) is 2.54. The lowest BCUT2D eigenvalue weighted by Crippen LogP contribution is -2.26. The Labute approximate surface area is 143 Å². The summed E-state index contributed by atoms with van der Waals surface area (Å²) >= 11 is 0. The van der Waals surface area contributed by atoms with Crippen molar-refractivity contribution in [1.29, 1.82) is 0 Å². The van der Waals surface area contributed by atoms with Crippen molar-refractivity contribution in [3.63, 3.8) is 0 Å². The second kappa shape index (κ2) is 7.59. The topological polar surface area (TPSA) is 75.3 Å². The van der Waals surface area contributed by atoms with Crippen LogP contribution in [0.15, 0.2) is 53.4 Å². The Balaban J connectivity index is 2.13. The molecule has 2 rings (SSSR count). The molecule has 128 valence electrons. The molecule has 6 heteroatoms. The maximum atomic E-state index is 12.5. The fourth-order valence-electron chi connectivity index (χ4n) is 2.33. The molecular weight excluding hydrogens is 324 g/mol. The summed E-state index contributed by atoms with van der Waals surface area (Å²) in [5.74, 6) is -0.201. The third-order valence-electron chi connectivity index (χ3n) is 3.70. The normalized spacial score (nSPS) is 12.6. The van der Waals surface area contributed by atoms with E-state index in [-0.39, 0.29) is 16.8 Å². The molecule has 0 saturated heterocycles. The third-order valence-corrected chi connectivity index (χ3v) is 5.26. The minimum absolute atomic E-state index is 0.161. The van der Waals surface area contributed by atoms with Crippen LogP contribution in [0.25, 0.3) is 0 Å². The van der Waals surface area contributed by atoms with Gasteiger partial charge in [0.2, 0.25) is 15.9 Å². The molecule has 2 N–H and O–H groups in total. The van der Waals surface area contributed by atoms with Crippen LogP contribution in [0.2, 0.25) is 0 Å². The van der Waals surface area contributed by atoms with E-state index in [2.05, 4.69) is 17.0 Å². The molecule has 0 aliphatic carbocycles. The molecule has 24 heavy (non-hydrogen) atoms. The van der Waals surface area contributed by atoms with E-state index in [0.717, 1.165) is 12.0 Å². The predicted molar refractivity (Wildman–Crippen MR) is 95.3 cm³/mol. The van der Waals surface area contributed by atoms with Crippen molar-refractivity contribution in [3.05, 3.63) is 59.7 Å². The van der Waals surface area contributed by atoms with E-state index >= 15 is 0 Å². The van der Waals surface area contributed by atoms with Crippen molar-refractivity contribution in [2.24, 2.45) is 0 Å². The number of amides is 1. The highest BCUT2D eigenvalue weighted by molar-refractivity contribution is 7.89. The van der Waals surface area contributed by atoms with E-state index in [1.54, 1.807) is 12.1 Å². The number of hydrogen-bond donors (Lipinski definition) is 2. The molecule has 5 nitrogen and oxygen atoms in total. The van der Waals surface area contributed by atoms with Crippen molar-refractivity contribution in [1.82, 2.24) is 4.72 Å². The van der Waals surface area contributed by atoms with Gasteiger partial charge >= 0.3 is 0 Å². The number of carbonyl (C=O) groups excluding carboxylic acids is 1. The summed E-state index contributed by atoms with van der Waals surface area (Å²) < 4.78 is 27.6. The summed E-state index contributed by atoms with van der Waals surface area (Å²) in [4.78, 5) is 11.2. The molecule has 0 radical (unpaired) electrons. The standard InChI is InChI=1S/C18H22N2O3S/c1-4-15-5-7-16(8-6-15)13(2)20-24(22,23)18-11-9-17(10-12-18)19-14(3)21/h5-13,20H,4H2,1-3H3,(H,19,21)/t13-/m1/s1. The number of hydrogen-bond acceptors (Lipinski definition) is 3. The van der Waals surface area contributed by atoms with Gasteiger partial charge in [-0.15, -0.1) is 0 Å². The van der Waals surface area contributed by atoms with Crippen molar-refractivity contribution in [2.75, 3.05) is 5.32 Å². The number of carbonyl (C=O) groups is 1. The maximum absolute atomic E-state index is 12.5. The smallest absolute Gasteiger partial charge is 0.241 e. The Morgan fingerprint density at radius 2 is 1.62 bits per heavy atom. The maximum Gasteiger partial charge on any atom is 0.241 e. The summed E-state index contributed by atoms with van der Waals surface area (Å²) in [6.45, 7) is 5.29. The largest absolute Gasteiger partial charge is 0.326 e. The Morgan fingerprint density at radius 3 is 2.12 bits per heavy atom. The minimum atomic E-state index is -3.63. The number of rotatable bonds is 6. The fourth-order valence-corrected chi connectivity index (χ4v) is 3.56. The molecule has 0 aliphatic rings. The SMILES string of the molecule is CCc1ccc([C@@H](C)NS(=O)(=O)c2ccc(NC(C)=O)cc2)cc1. The summed E-state index contributed by atoms with van der Waals surface area (Å²) in [7, 11) is -3.63. The van der Waals surface area contributed by atoms with Gasteiger partial charge in [-0.1, -0.05) is 31.2 Å². The highest BCUT2D eigenvalue weighted by atomic mass is 32.2. The number of sulfonamides is 1. The molecule has 0 bridgehead atoms. The van der Waals surface area contributed by atoms with Gasteiger partial charge < -0.3 is 5.32 Å². The Morgan fingerprint density at radius 1 is 1.04 bits per heavy atom. The summed E-state index contributed by atoms with van der Waals surface area (Å²) in [6.07, 6.45) is 0.945. The van der Waals surface area contributed by atoms with E-state index in [0.29, 0.717) is 5.69 Å². The lowest BCUT2D eigenvalue weighted by atomic mass is 10.1. The molecule has 2 aromatic rings. The van der Waals surface area contributed by atoms with Gasteiger partial charge in [-0.25, -0.2) is 13.1 Å². The summed E-state index contributed by atoms with van der Waals surface area (Å²) in [5.41, 5.74) is 2.68. The lowest BCUT2D eigenvalue weighted by molar-refractivity contribution is -0.114. The molecule has 0 fully saturated rings. The highest BCUT2D eigenvalue weighted by Crippen LogP contribution is 2.19. The second-order valence-corrected chi connectivity index (χ2v) is 7.36. The molecule has 0 unspecified atom stereocenters. The second-order valence-electron chi connectivity index (χ2n) is 5.64. The quantitative estimate of drug-likeness (QED) is 0.843. The van der Waals surface area contributed by atoms with Gasteiger partial charge in [0.25, 0.3) is 0 Å². The third kappa shape index (κ3) is 4.66. The van der Waals surface area contributed by atoms with Gasteiger partial charge in [0.15, 0.2) is 0 Å². The van der Waals surface area contributed by atoms with E-state index in [1.807, 2.05) is 31.2 Å².